The molecule has 0 aromatic rings. The quantitative estimate of drug-likeness (QED) is 0.588. The summed E-state index contributed by atoms with van der Waals surface area (Å²) in [6.07, 6.45) is 5.50. The van der Waals surface area contributed by atoms with Gasteiger partial charge in [-0.2, -0.15) is 0 Å². The van der Waals surface area contributed by atoms with Crippen molar-refractivity contribution < 1.29 is 19.1 Å². The van der Waals surface area contributed by atoms with Crippen LogP contribution in [0, 0.1) is 11.8 Å². The largest absolute Gasteiger partial charge is 0.459 e. The maximum atomic E-state index is 11.9. The highest BCUT2D eigenvalue weighted by Gasteiger charge is 2.61. The molecule has 22 heavy (non-hydrogen) atoms. The zero-order valence-corrected chi connectivity index (χ0v) is 14.2. The Hall–Kier alpha value is -1.32. The number of hydrogen-bond acceptors (Lipinski definition) is 4. The van der Waals surface area contributed by atoms with Crippen LogP contribution in [0.2, 0.25) is 0 Å². The van der Waals surface area contributed by atoms with Gasteiger partial charge in [-0.15, -0.1) is 0 Å². The average Bonchev–Trinajstić information content (AvgIpc) is 2.36. The molecule has 4 saturated carbocycles. The lowest BCUT2D eigenvalue weighted by atomic mass is 9.52. The third-order valence-corrected chi connectivity index (χ3v) is 4.97. The highest BCUT2D eigenvalue weighted by Crippen LogP contribution is 2.60. The summed E-state index contributed by atoms with van der Waals surface area (Å²) in [5.74, 6) is 0.472. The third-order valence-electron chi connectivity index (χ3n) is 4.97. The van der Waals surface area contributed by atoms with Crippen LogP contribution in [0.15, 0.2) is 12.2 Å². The second kappa shape index (κ2) is 6.05. The van der Waals surface area contributed by atoms with Crippen LogP contribution in [0.25, 0.3) is 0 Å². The first kappa shape index (κ1) is 17.0. The van der Waals surface area contributed by atoms with Gasteiger partial charge in [0.15, 0.2) is 0 Å². The topological polar surface area (TPSA) is 52.6 Å². The molecule has 2 atom stereocenters. The molecule has 124 valence electrons. The third kappa shape index (κ3) is 3.21. The molecule has 4 nitrogen and oxygen atoms in total. The molecule has 4 aliphatic carbocycles. The summed E-state index contributed by atoms with van der Waals surface area (Å²) < 4.78 is 11.5. The zero-order valence-electron chi connectivity index (χ0n) is 14.2. The lowest BCUT2D eigenvalue weighted by Gasteiger charge is -2.60. The SMILES string of the molecule is C=C(C)C(=O)OC12CC3CC(CC(OC(C)=O)(C3)C1)C2.CC. The van der Waals surface area contributed by atoms with Crippen LogP contribution >= 0.6 is 0 Å². The van der Waals surface area contributed by atoms with Crippen LogP contribution < -0.4 is 0 Å². The summed E-state index contributed by atoms with van der Waals surface area (Å²) in [7, 11) is 0. The molecule has 0 spiro atoms. The van der Waals surface area contributed by atoms with Crippen molar-refractivity contribution in [2.45, 2.75) is 77.4 Å². The molecule has 0 aliphatic heterocycles. The molecule has 4 fully saturated rings. The van der Waals surface area contributed by atoms with E-state index in [0.29, 0.717) is 23.8 Å². The summed E-state index contributed by atoms with van der Waals surface area (Å²) in [6, 6.07) is 0. The highest BCUT2D eigenvalue weighted by atomic mass is 16.6. The number of esters is 2. The van der Waals surface area contributed by atoms with Crippen molar-refractivity contribution in [2.24, 2.45) is 11.8 Å². The van der Waals surface area contributed by atoms with Gasteiger partial charge in [-0.25, -0.2) is 4.79 Å². The fraction of sp³-hybridized carbons (Fsp3) is 0.778. The summed E-state index contributed by atoms with van der Waals surface area (Å²) in [5.41, 5.74) is -0.400. The molecule has 0 amide bonds. The van der Waals surface area contributed by atoms with E-state index in [2.05, 4.69) is 6.58 Å². The Kier molecular flexibility index (Phi) is 4.69. The molecule has 4 bridgehead atoms. The van der Waals surface area contributed by atoms with E-state index in [4.69, 9.17) is 9.47 Å². The van der Waals surface area contributed by atoms with Crippen molar-refractivity contribution in [2.75, 3.05) is 0 Å². The monoisotopic (exact) mass is 308 g/mol. The molecule has 0 radical (unpaired) electrons. The van der Waals surface area contributed by atoms with Crippen LogP contribution in [-0.2, 0) is 19.1 Å². The molecule has 0 N–H and O–H groups in total. The molecule has 0 heterocycles. The van der Waals surface area contributed by atoms with Crippen molar-refractivity contribution in [3.8, 4) is 0 Å². The van der Waals surface area contributed by atoms with E-state index in [0.717, 1.165) is 25.7 Å². The molecule has 2 unspecified atom stereocenters. The van der Waals surface area contributed by atoms with E-state index in [-0.39, 0.29) is 11.9 Å². The Bertz CT molecular complexity index is 465. The van der Waals surface area contributed by atoms with E-state index in [1.807, 2.05) is 13.8 Å². The Balaban J connectivity index is 0.000000847. The van der Waals surface area contributed by atoms with E-state index < -0.39 is 11.2 Å². The second-order valence-electron chi connectivity index (χ2n) is 7.09. The summed E-state index contributed by atoms with van der Waals surface area (Å²) in [6.45, 7) is 10.8. The number of carbonyl (C=O) groups is 2. The van der Waals surface area contributed by atoms with Crippen LogP contribution in [0.3, 0.4) is 0 Å². The lowest BCUT2D eigenvalue weighted by Crippen LogP contribution is -2.61. The summed E-state index contributed by atoms with van der Waals surface area (Å²) in [5, 5.41) is 0. The maximum Gasteiger partial charge on any atom is 0.333 e. The fourth-order valence-electron chi connectivity index (χ4n) is 4.92. The average molecular weight is 308 g/mol. The van der Waals surface area contributed by atoms with E-state index >= 15 is 0 Å². The van der Waals surface area contributed by atoms with Crippen molar-refractivity contribution in [1.29, 1.82) is 0 Å². The Morgan fingerprint density at radius 3 is 1.82 bits per heavy atom. The Morgan fingerprint density at radius 1 is 0.955 bits per heavy atom. The molecule has 4 aliphatic rings. The van der Waals surface area contributed by atoms with Crippen molar-refractivity contribution in [3.63, 3.8) is 0 Å². The number of rotatable bonds is 3. The second-order valence-corrected chi connectivity index (χ2v) is 7.09. The highest BCUT2D eigenvalue weighted by molar-refractivity contribution is 5.87. The molecule has 0 aromatic carbocycles. The minimum absolute atomic E-state index is 0.228. The van der Waals surface area contributed by atoms with Gasteiger partial charge >= 0.3 is 11.9 Å². The van der Waals surface area contributed by atoms with Gasteiger partial charge < -0.3 is 9.47 Å². The molecular formula is C18H28O4. The molecule has 4 rings (SSSR count). The van der Waals surface area contributed by atoms with Crippen LogP contribution in [-0.4, -0.2) is 23.1 Å². The minimum Gasteiger partial charge on any atom is -0.459 e. The predicted molar refractivity (Wildman–Crippen MR) is 84.2 cm³/mol. The van der Waals surface area contributed by atoms with Gasteiger partial charge in [0, 0.05) is 18.9 Å². The van der Waals surface area contributed by atoms with Crippen LogP contribution in [0.1, 0.15) is 66.2 Å². The van der Waals surface area contributed by atoms with Crippen LogP contribution in [0.4, 0.5) is 0 Å². The Labute approximate surface area is 133 Å². The smallest absolute Gasteiger partial charge is 0.333 e. The first-order valence-electron chi connectivity index (χ1n) is 8.40. The predicted octanol–water partition coefficient (Wildman–Crippen LogP) is 3.79. The van der Waals surface area contributed by atoms with Gasteiger partial charge in [-0.1, -0.05) is 20.4 Å². The first-order valence-corrected chi connectivity index (χ1v) is 8.40. The van der Waals surface area contributed by atoms with Gasteiger partial charge in [0.1, 0.15) is 11.2 Å². The number of ether oxygens (including phenoxy) is 2. The summed E-state index contributed by atoms with van der Waals surface area (Å²) >= 11 is 0. The molecule has 0 aromatic heterocycles. The maximum absolute atomic E-state index is 11.9. The van der Waals surface area contributed by atoms with Crippen LogP contribution in [0.5, 0.6) is 0 Å². The molecular weight excluding hydrogens is 280 g/mol. The minimum atomic E-state index is -0.435. The van der Waals surface area contributed by atoms with Crippen molar-refractivity contribution in [1.82, 2.24) is 0 Å². The van der Waals surface area contributed by atoms with E-state index in [1.165, 1.54) is 13.3 Å². The molecule has 0 saturated heterocycles. The van der Waals surface area contributed by atoms with Gasteiger partial charge in [-0.3, -0.25) is 4.79 Å². The first-order chi connectivity index (χ1) is 10.3. The normalized spacial score (nSPS) is 37.8. The van der Waals surface area contributed by atoms with Gasteiger partial charge in [0.05, 0.1) is 0 Å². The van der Waals surface area contributed by atoms with Gasteiger partial charge in [0.25, 0.3) is 0 Å². The van der Waals surface area contributed by atoms with Crippen molar-refractivity contribution in [3.05, 3.63) is 12.2 Å². The molecule has 4 heteroatoms. The number of carbonyl (C=O) groups excluding carboxylic acids is 2. The van der Waals surface area contributed by atoms with Crippen molar-refractivity contribution >= 4 is 11.9 Å². The summed E-state index contributed by atoms with van der Waals surface area (Å²) in [4.78, 5) is 23.3. The number of hydrogen-bond donors (Lipinski definition) is 0. The van der Waals surface area contributed by atoms with Gasteiger partial charge in [-0.05, 0) is 50.9 Å². The van der Waals surface area contributed by atoms with Gasteiger partial charge in [0.2, 0.25) is 0 Å². The fourth-order valence-corrected chi connectivity index (χ4v) is 4.92. The van der Waals surface area contributed by atoms with E-state index in [1.54, 1.807) is 6.92 Å². The standard InChI is InChI=1S/C16H22O4.C2H6/c1-10(2)14(18)20-16-7-12-4-13(8-16)6-15(5-12,9-16)19-11(3)17;1-2/h12-13H,1,4-9H2,2-3H3;1-2H3. The van der Waals surface area contributed by atoms with E-state index in [9.17, 15) is 9.59 Å². The lowest BCUT2D eigenvalue weighted by molar-refractivity contribution is -0.228. The zero-order chi connectivity index (χ0) is 16.5. The Morgan fingerprint density at radius 2 is 1.41 bits per heavy atom.